The lowest BCUT2D eigenvalue weighted by Gasteiger charge is -2.14. The van der Waals surface area contributed by atoms with Crippen molar-refractivity contribution >= 4 is 34.9 Å². The minimum atomic E-state index is -0.711. The van der Waals surface area contributed by atoms with Gasteiger partial charge in [-0.15, -0.1) is 10.2 Å². The molecule has 20 heavy (non-hydrogen) atoms. The Labute approximate surface area is 130 Å². The molecule has 0 fully saturated rings. The van der Waals surface area contributed by atoms with Crippen molar-refractivity contribution in [1.29, 1.82) is 0 Å². The fraction of sp³-hybridized carbons (Fsp3) is 0.385. The maximum atomic E-state index is 12.8. The Morgan fingerprint density at radius 2 is 1.75 bits per heavy atom. The van der Waals surface area contributed by atoms with E-state index in [-0.39, 0.29) is 5.82 Å². The lowest BCUT2D eigenvalue weighted by molar-refractivity contribution is 0.107. The van der Waals surface area contributed by atoms with Crippen molar-refractivity contribution < 1.29 is 9.50 Å². The normalized spacial score (nSPS) is 11.8. The van der Waals surface area contributed by atoms with Crippen molar-refractivity contribution in [2.24, 2.45) is 0 Å². The Kier molecular flexibility index (Phi) is 5.42. The molecule has 0 saturated carbocycles. The fourth-order valence-corrected chi connectivity index (χ4v) is 4.20. The molecule has 0 unspecified atom stereocenters. The van der Waals surface area contributed by atoms with Gasteiger partial charge in [0.1, 0.15) is 5.82 Å². The number of hydrogen-bond acceptors (Lipinski definition) is 6. The van der Waals surface area contributed by atoms with Crippen molar-refractivity contribution in [1.82, 2.24) is 10.2 Å². The Bertz CT molecular complexity index is 551. The SMILES string of the molecule is CC(C)(O)CSc1nnc(SCc2ccc(F)cc2)s1. The Morgan fingerprint density at radius 3 is 2.35 bits per heavy atom. The van der Waals surface area contributed by atoms with Gasteiger partial charge < -0.3 is 5.11 Å². The minimum absolute atomic E-state index is 0.222. The number of aliphatic hydroxyl groups is 1. The molecule has 0 atom stereocenters. The molecule has 2 aromatic rings. The van der Waals surface area contributed by atoms with Crippen LogP contribution < -0.4 is 0 Å². The maximum absolute atomic E-state index is 12.8. The fourth-order valence-electron chi connectivity index (χ4n) is 1.28. The standard InChI is InChI=1S/C13H15FN2OS3/c1-13(2,17)8-19-12-16-15-11(20-12)18-7-9-3-5-10(14)6-4-9/h3-6,17H,7-8H2,1-2H3. The third-order valence-corrected chi connectivity index (χ3v) is 5.92. The molecule has 0 amide bonds. The average molecular weight is 330 g/mol. The molecule has 2 rings (SSSR count). The molecule has 108 valence electrons. The van der Waals surface area contributed by atoms with Gasteiger partial charge in [0.15, 0.2) is 8.68 Å². The van der Waals surface area contributed by atoms with Gasteiger partial charge in [-0.05, 0) is 31.5 Å². The first-order valence-corrected chi connectivity index (χ1v) is 8.77. The third kappa shape index (κ3) is 5.40. The molecule has 0 saturated heterocycles. The number of halogens is 1. The van der Waals surface area contributed by atoms with Crippen LogP contribution in [0.5, 0.6) is 0 Å². The van der Waals surface area contributed by atoms with Crippen molar-refractivity contribution in [2.75, 3.05) is 5.75 Å². The topological polar surface area (TPSA) is 46.0 Å². The summed E-state index contributed by atoms with van der Waals surface area (Å²) in [7, 11) is 0. The second-order valence-corrected chi connectivity index (χ2v) is 8.27. The maximum Gasteiger partial charge on any atom is 0.175 e. The Hall–Kier alpha value is -0.630. The third-order valence-electron chi connectivity index (χ3n) is 2.21. The predicted octanol–water partition coefficient (Wildman–Crippen LogP) is 3.83. The highest BCUT2D eigenvalue weighted by atomic mass is 32.2. The molecule has 0 aliphatic rings. The number of benzene rings is 1. The Balaban J connectivity index is 1.85. The molecule has 1 N–H and O–H groups in total. The molecule has 0 bridgehead atoms. The van der Waals surface area contributed by atoms with Crippen LogP contribution in [0, 0.1) is 5.82 Å². The summed E-state index contributed by atoms with van der Waals surface area (Å²) in [6.45, 7) is 3.54. The molecule has 0 aliphatic heterocycles. The molecule has 0 spiro atoms. The second-order valence-electron chi connectivity index (χ2n) is 4.85. The van der Waals surface area contributed by atoms with E-state index in [1.54, 1.807) is 37.7 Å². The molecular formula is C13H15FN2OS3. The van der Waals surface area contributed by atoms with E-state index < -0.39 is 5.60 Å². The summed E-state index contributed by atoms with van der Waals surface area (Å²) in [6, 6.07) is 6.46. The van der Waals surface area contributed by atoms with E-state index in [9.17, 15) is 9.50 Å². The van der Waals surface area contributed by atoms with Crippen LogP contribution in [0.4, 0.5) is 4.39 Å². The number of nitrogens with zero attached hydrogens (tertiary/aromatic N) is 2. The lowest BCUT2D eigenvalue weighted by atomic mass is 10.2. The van der Waals surface area contributed by atoms with Crippen molar-refractivity contribution in [3.8, 4) is 0 Å². The summed E-state index contributed by atoms with van der Waals surface area (Å²) in [4.78, 5) is 0. The highest BCUT2D eigenvalue weighted by molar-refractivity contribution is 8.02. The largest absolute Gasteiger partial charge is 0.390 e. The first-order chi connectivity index (χ1) is 9.42. The van der Waals surface area contributed by atoms with Gasteiger partial charge in [-0.3, -0.25) is 0 Å². The molecular weight excluding hydrogens is 315 g/mol. The van der Waals surface area contributed by atoms with E-state index in [0.29, 0.717) is 5.75 Å². The predicted molar refractivity (Wildman–Crippen MR) is 82.9 cm³/mol. The van der Waals surface area contributed by atoms with Gasteiger partial charge in [-0.25, -0.2) is 4.39 Å². The smallest absolute Gasteiger partial charge is 0.175 e. The number of hydrogen-bond donors (Lipinski definition) is 1. The summed E-state index contributed by atoms with van der Waals surface area (Å²) in [5.41, 5.74) is 0.342. The van der Waals surface area contributed by atoms with E-state index >= 15 is 0 Å². The van der Waals surface area contributed by atoms with Crippen LogP contribution in [0.2, 0.25) is 0 Å². The van der Waals surface area contributed by atoms with E-state index in [1.807, 2.05) is 0 Å². The highest BCUT2D eigenvalue weighted by Crippen LogP contribution is 2.31. The second kappa shape index (κ2) is 6.89. The van der Waals surface area contributed by atoms with Crippen LogP contribution in [0.25, 0.3) is 0 Å². The zero-order chi connectivity index (χ0) is 14.6. The summed E-state index contributed by atoms with van der Waals surface area (Å²) >= 11 is 4.60. The minimum Gasteiger partial charge on any atom is -0.390 e. The van der Waals surface area contributed by atoms with Crippen LogP contribution in [-0.4, -0.2) is 26.7 Å². The van der Waals surface area contributed by atoms with Crippen molar-refractivity contribution in [3.63, 3.8) is 0 Å². The highest BCUT2D eigenvalue weighted by Gasteiger charge is 2.15. The van der Waals surface area contributed by atoms with Gasteiger partial charge in [0.05, 0.1) is 5.60 Å². The number of rotatable bonds is 6. The van der Waals surface area contributed by atoms with Gasteiger partial charge in [0.25, 0.3) is 0 Å². The molecule has 7 heteroatoms. The van der Waals surface area contributed by atoms with Gasteiger partial charge >= 0.3 is 0 Å². The molecule has 3 nitrogen and oxygen atoms in total. The van der Waals surface area contributed by atoms with Crippen molar-refractivity contribution in [2.45, 2.75) is 33.9 Å². The average Bonchev–Trinajstić information content (AvgIpc) is 2.83. The van der Waals surface area contributed by atoms with Crippen molar-refractivity contribution in [3.05, 3.63) is 35.6 Å². The summed E-state index contributed by atoms with van der Waals surface area (Å²) in [5.74, 6) is 1.11. The summed E-state index contributed by atoms with van der Waals surface area (Å²) in [6.07, 6.45) is 0. The summed E-state index contributed by atoms with van der Waals surface area (Å²) < 4.78 is 14.5. The quantitative estimate of drug-likeness (QED) is 0.816. The first kappa shape index (κ1) is 15.8. The van der Waals surface area contributed by atoms with Crippen LogP contribution >= 0.6 is 34.9 Å². The zero-order valence-corrected chi connectivity index (χ0v) is 13.6. The first-order valence-electron chi connectivity index (χ1n) is 5.98. The van der Waals surface area contributed by atoms with Crippen LogP contribution in [0.3, 0.4) is 0 Å². The number of aromatic nitrogens is 2. The van der Waals surface area contributed by atoms with Crippen LogP contribution in [0.15, 0.2) is 32.9 Å². The zero-order valence-electron chi connectivity index (χ0n) is 11.2. The molecule has 1 aromatic carbocycles. The van der Waals surface area contributed by atoms with Gasteiger partial charge in [-0.1, -0.05) is 47.0 Å². The van der Waals surface area contributed by atoms with Gasteiger partial charge in [0.2, 0.25) is 0 Å². The monoisotopic (exact) mass is 330 g/mol. The van der Waals surface area contributed by atoms with Gasteiger partial charge in [0, 0.05) is 11.5 Å². The van der Waals surface area contributed by atoms with Crippen LogP contribution in [0.1, 0.15) is 19.4 Å². The molecule has 1 aromatic heterocycles. The van der Waals surface area contributed by atoms with Crippen LogP contribution in [-0.2, 0) is 5.75 Å². The molecule has 0 radical (unpaired) electrons. The Morgan fingerprint density at radius 1 is 1.15 bits per heavy atom. The lowest BCUT2D eigenvalue weighted by Crippen LogP contribution is -2.21. The molecule has 1 heterocycles. The van der Waals surface area contributed by atoms with E-state index in [4.69, 9.17) is 0 Å². The summed E-state index contributed by atoms with van der Waals surface area (Å²) in [5, 5.41) is 17.8. The van der Waals surface area contributed by atoms with E-state index in [2.05, 4.69) is 10.2 Å². The van der Waals surface area contributed by atoms with E-state index in [0.717, 1.165) is 20.0 Å². The van der Waals surface area contributed by atoms with E-state index in [1.165, 1.54) is 35.2 Å². The van der Waals surface area contributed by atoms with Gasteiger partial charge in [-0.2, -0.15) is 0 Å². The number of thioether (sulfide) groups is 2. The molecule has 0 aliphatic carbocycles.